The van der Waals surface area contributed by atoms with Crippen molar-refractivity contribution in [2.75, 3.05) is 11.9 Å². The number of carbonyl (C=O) groups is 5. The molecule has 4 fully saturated rings. The number of nitrogens with one attached hydrogen (secondary N) is 3. The monoisotopic (exact) mass is 856 g/mol. The molecule has 11 heteroatoms. The lowest BCUT2D eigenvalue weighted by atomic mass is 9.49. The molecule has 11 nitrogen and oxygen atoms in total. The lowest BCUT2D eigenvalue weighted by Gasteiger charge is -2.56. The fourth-order valence-electron chi connectivity index (χ4n) is 10.6. The molecule has 4 aliphatic carbocycles. The van der Waals surface area contributed by atoms with Gasteiger partial charge in [0.15, 0.2) is 0 Å². The number of aryl methyl sites for hydroxylation is 1. The maximum atomic E-state index is 14.6. The van der Waals surface area contributed by atoms with E-state index in [9.17, 15) is 24.0 Å². The highest BCUT2D eigenvalue weighted by molar-refractivity contribution is 6.12. The Balaban J connectivity index is 0.980. The number of esters is 2. The van der Waals surface area contributed by atoms with Gasteiger partial charge in [0.25, 0.3) is 11.8 Å². The van der Waals surface area contributed by atoms with Crippen molar-refractivity contribution in [2.45, 2.75) is 64.2 Å². The molecule has 1 aromatic heterocycles. The van der Waals surface area contributed by atoms with E-state index in [0.717, 1.165) is 64.6 Å². The molecule has 1 heterocycles. The summed E-state index contributed by atoms with van der Waals surface area (Å²) in [4.78, 5) is 70.3. The van der Waals surface area contributed by atoms with E-state index in [4.69, 9.17) is 9.47 Å². The van der Waals surface area contributed by atoms with Crippen LogP contribution in [0.3, 0.4) is 0 Å². The van der Waals surface area contributed by atoms with Crippen LogP contribution in [0.4, 0.5) is 5.69 Å². The molecule has 0 spiro atoms. The lowest BCUT2D eigenvalue weighted by molar-refractivity contribution is -0.118. The van der Waals surface area contributed by atoms with Crippen molar-refractivity contribution < 1.29 is 33.4 Å². The van der Waals surface area contributed by atoms with Gasteiger partial charge in [-0.25, -0.2) is 9.59 Å². The van der Waals surface area contributed by atoms with Crippen molar-refractivity contribution in [3.8, 4) is 0 Å². The number of carbonyl (C=O) groups excluding carboxylic acids is 5. The molecule has 0 unspecified atom stereocenters. The van der Waals surface area contributed by atoms with Gasteiger partial charge in [0.2, 0.25) is 5.91 Å². The van der Waals surface area contributed by atoms with E-state index in [1.165, 1.54) is 37.5 Å². The average Bonchev–Trinajstić information content (AvgIpc) is 3.67. The van der Waals surface area contributed by atoms with Crippen molar-refractivity contribution >= 4 is 46.3 Å². The van der Waals surface area contributed by atoms with Crippen LogP contribution >= 0.6 is 0 Å². The molecule has 1 atom stereocenters. The summed E-state index contributed by atoms with van der Waals surface area (Å²) in [6.45, 7) is 0.555. The van der Waals surface area contributed by atoms with Crippen molar-refractivity contribution in [1.82, 2.24) is 15.2 Å². The zero-order valence-electron chi connectivity index (χ0n) is 35.9. The highest BCUT2D eigenvalue weighted by Gasteiger charge is 2.50. The van der Waals surface area contributed by atoms with Gasteiger partial charge in [0, 0.05) is 42.8 Å². The zero-order valence-corrected chi connectivity index (χ0v) is 35.9. The predicted molar refractivity (Wildman–Crippen MR) is 243 cm³/mol. The Hall–Kier alpha value is -7.01. The number of benzene rings is 5. The summed E-state index contributed by atoms with van der Waals surface area (Å²) >= 11 is 0. The van der Waals surface area contributed by atoms with Gasteiger partial charge in [-0.05, 0) is 115 Å². The average molecular weight is 857 g/mol. The van der Waals surface area contributed by atoms with E-state index < -0.39 is 29.8 Å². The van der Waals surface area contributed by atoms with Crippen LogP contribution in [-0.2, 0) is 41.0 Å². The Kier molecular flexibility index (Phi) is 12.1. The molecule has 3 amide bonds. The Bertz CT molecular complexity index is 2590. The van der Waals surface area contributed by atoms with Gasteiger partial charge in [-0.3, -0.25) is 14.4 Å². The predicted octanol–water partition coefficient (Wildman–Crippen LogP) is 8.82. The van der Waals surface area contributed by atoms with E-state index in [1.54, 1.807) is 12.1 Å². The number of aromatic nitrogens is 1. The Labute approximate surface area is 372 Å². The quantitative estimate of drug-likeness (QED) is 0.0876. The number of hydrogen-bond acceptors (Lipinski definition) is 7. The van der Waals surface area contributed by atoms with E-state index in [0.29, 0.717) is 6.54 Å². The number of anilines is 1. The van der Waals surface area contributed by atoms with Gasteiger partial charge >= 0.3 is 11.9 Å². The SMILES string of the molecule is Cn1ccc2cc(C(=O)N[C@@H](Cc3ccccc3)C(=O)Nc3cc(C(=O)OCc4ccccc4)cc(C(=O)OCc4ccccc4)c3)c(C(=O)NCC34CC5CC(CC(C5)C3)C4)cc21. The van der Waals surface area contributed by atoms with Gasteiger partial charge in [0.05, 0.1) is 22.3 Å². The molecule has 0 radical (unpaired) electrons. The first-order valence-corrected chi connectivity index (χ1v) is 22.2. The summed E-state index contributed by atoms with van der Waals surface area (Å²) < 4.78 is 13.1. The second-order valence-electron chi connectivity index (χ2n) is 18.1. The van der Waals surface area contributed by atoms with E-state index in [1.807, 2.05) is 115 Å². The largest absolute Gasteiger partial charge is 0.457 e. The molecule has 4 saturated carbocycles. The molecule has 5 aromatic carbocycles. The Morgan fingerprint density at radius 3 is 1.70 bits per heavy atom. The second-order valence-corrected chi connectivity index (χ2v) is 18.1. The topological polar surface area (TPSA) is 145 Å². The molecule has 4 aliphatic rings. The van der Waals surface area contributed by atoms with Gasteiger partial charge in [-0.15, -0.1) is 0 Å². The number of rotatable bonds is 15. The van der Waals surface area contributed by atoms with Crippen LogP contribution < -0.4 is 16.0 Å². The number of ether oxygens (including phenoxy) is 2. The van der Waals surface area contributed by atoms with Crippen molar-refractivity contribution in [2.24, 2.45) is 30.2 Å². The van der Waals surface area contributed by atoms with E-state index in [-0.39, 0.29) is 58.9 Å². The number of hydrogen-bond donors (Lipinski definition) is 3. The number of amides is 3. The molecule has 6 aromatic rings. The third-order valence-corrected chi connectivity index (χ3v) is 13.3. The first kappa shape index (κ1) is 42.3. The van der Waals surface area contributed by atoms with E-state index >= 15 is 0 Å². The van der Waals surface area contributed by atoms with Crippen LogP contribution in [0.2, 0.25) is 0 Å². The molecule has 3 N–H and O–H groups in total. The van der Waals surface area contributed by atoms with Gasteiger partial charge in [-0.2, -0.15) is 0 Å². The van der Waals surface area contributed by atoms with Crippen LogP contribution in [0.15, 0.2) is 134 Å². The Morgan fingerprint density at radius 2 is 1.16 bits per heavy atom. The summed E-state index contributed by atoms with van der Waals surface area (Å²) in [5.41, 5.74) is 3.76. The van der Waals surface area contributed by atoms with Crippen molar-refractivity contribution in [3.63, 3.8) is 0 Å². The number of nitrogens with zero attached hydrogens (tertiary/aromatic N) is 1. The Morgan fingerprint density at radius 1 is 0.641 bits per heavy atom. The van der Waals surface area contributed by atoms with Crippen LogP contribution in [0.25, 0.3) is 10.9 Å². The summed E-state index contributed by atoms with van der Waals surface area (Å²) in [5, 5.41) is 9.84. The molecule has 10 rings (SSSR count). The molecule has 4 bridgehead atoms. The lowest BCUT2D eigenvalue weighted by Crippen LogP contribution is -2.51. The molecular weight excluding hydrogens is 805 g/mol. The standard InChI is InChI=1S/C53H52N4O7/c1-57-18-17-40-26-44(45(27-47(40)57)48(58)54-33-53-28-37-19-38(29-53)21-39(20-37)30-53)49(59)56-46(22-34-11-5-2-6-12-34)50(60)55-43-24-41(51(61)63-31-35-13-7-3-8-14-35)23-42(25-43)52(62)64-32-36-15-9-4-10-16-36/h2-18,23-27,37-39,46H,19-22,28-33H2,1H3,(H,54,58)(H,55,60)(H,56,59)/t37?,38?,39?,46-,53?/m0/s1. The smallest absolute Gasteiger partial charge is 0.338 e. The van der Waals surface area contributed by atoms with Crippen molar-refractivity contribution in [3.05, 3.63) is 173 Å². The van der Waals surface area contributed by atoms with Crippen LogP contribution in [0, 0.1) is 23.2 Å². The van der Waals surface area contributed by atoms with Crippen molar-refractivity contribution in [1.29, 1.82) is 0 Å². The third-order valence-electron chi connectivity index (χ3n) is 13.3. The summed E-state index contributed by atoms with van der Waals surface area (Å²) in [5.74, 6) is -0.758. The summed E-state index contributed by atoms with van der Waals surface area (Å²) in [7, 11) is 1.89. The minimum absolute atomic E-state index is 0.00766. The molecule has 0 saturated heterocycles. The highest BCUT2D eigenvalue weighted by atomic mass is 16.5. The highest BCUT2D eigenvalue weighted by Crippen LogP contribution is 2.59. The number of fused-ring (bicyclic) bond motifs is 1. The second kappa shape index (κ2) is 18.4. The first-order chi connectivity index (χ1) is 31.1. The minimum Gasteiger partial charge on any atom is -0.457 e. The van der Waals surface area contributed by atoms with E-state index in [2.05, 4.69) is 16.0 Å². The maximum Gasteiger partial charge on any atom is 0.338 e. The summed E-state index contributed by atoms with van der Waals surface area (Å²) in [6, 6.07) is 36.1. The fraction of sp³-hybridized carbons (Fsp3) is 0.302. The molecule has 326 valence electrons. The maximum absolute atomic E-state index is 14.6. The normalized spacial score (nSPS) is 20.0. The first-order valence-electron chi connectivity index (χ1n) is 22.2. The molecular formula is C53H52N4O7. The van der Waals surface area contributed by atoms with Crippen LogP contribution in [0.5, 0.6) is 0 Å². The summed E-state index contributed by atoms with van der Waals surface area (Å²) in [6.07, 6.45) is 9.28. The fourth-order valence-corrected chi connectivity index (χ4v) is 10.6. The van der Waals surface area contributed by atoms with Gasteiger partial charge < -0.3 is 30.0 Å². The molecule has 64 heavy (non-hydrogen) atoms. The molecule has 0 aliphatic heterocycles. The van der Waals surface area contributed by atoms with Gasteiger partial charge in [0.1, 0.15) is 19.3 Å². The van der Waals surface area contributed by atoms with Crippen LogP contribution in [0.1, 0.15) is 96.6 Å². The minimum atomic E-state index is -1.15. The van der Waals surface area contributed by atoms with Gasteiger partial charge in [-0.1, -0.05) is 91.0 Å². The van der Waals surface area contributed by atoms with Crippen LogP contribution in [-0.4, -0.2) is 46.8 Å². The third kappa shape index (κ3) is 9.63. The zero-order chi connectivity index (χ0) is 44.2.